The Labute approximate surface area is 139 Å². The van der Waals surface area contributed by atoms with Gasteiger partial charge in [-0.05, 0) is 38.0 Å². The fourth-order valence-electron chi connectivity index (χ4n) is 3.11. The molecule has 1 fully saturated rings. The number of carbonyl (C=O) groups excluding carboxylic acids is 1. The van der Waals surface area contributed by atoms with Crippen LogP contribution < -0.4 is 0 Å². The number of carboxylic acid groups (broad SMARTS) is 1. The van der Waals surface area contributed by atoms with Gasteiger partial charge < -0.3 is 10.2 Å². The number of ketones is 1. The van der Waals surface area contributed by atoms with Crippen LogP contribution in [0.25, 0.3) is 0 Å². The summed E-state index contributed by atoms with van der Waals surface area (Å²) in [5, 5.41) is 18.5. The maximum absolute atomic E-state index is 12.0. The van der Waals surface area contributed by atoms with Crippen LogP contribution in [-0.4, -0.2) is 28.1 Å². The van der Waals surface area contributed by atoms with E-state index in [0.29, 0.717) is 25.0 Å². The largest absolute Gasteiger partial charge is 0.481 e. The van der Waals surface area contributed by atoms with Crippen LogP contribution in [0, 0.1) is 11.8 Å². The number of Topliss-reactive ketones (excluding diaryl/α,β-unsaturated/α-hetero) is 1. The molecule has 0 aromatic heterocycles. The highest BCUT2D eigenvalue weighted by Crippen LogP contribution is 2.33. The molecule has 0 aromatic rings. The van der Waals surface area contributed by atoms with Crippen LogP contribution in [0.4, 0.5) is 0 Å². The third-order valence-electron chi connectivity index (χ3n) is 4.42. The van der Waals surface area contributed by atoms with Crippen LogP contribution in [0.1, 0.15) is 64.7 Å². The van der Waals surface area contributed by atoms with Crippen molar-refractivity contribution in [2.75, 3.05) is 0 Å². The molecule has 0 radical (unpaired) electrons. The summed E-state index contributed by atoms with van der Waals surface area (Å²) in [6.45, 7) is 2.06. The minimum Gasteiger partial charge on any atom is -0.481 e. The van der Waals surface area contributed by atoms with E-state index in [9.17, 15) is 14.7 Å². The molecule has 1 aliphatic carbocycles. The van der Waals surface area contributed by atoms with Crippen molar-refractivity contribution in [3.05, 3.63) is 24.3 Å². The van der Waals surface area contributed by atoms with E-state index in [2.05, 4.69) is 6.92 Å². The van der Waals surface area contributed by atoms with E-state index >= 15 is 0 Å². The lowest BCUT2D eigenvalue weighted by Gasteiger charge is -2.15. The number of allylic oxidation sites excluding steroid dienone is 2. The molecule has 1 aliphatic rings. The average molecular weight is 322 g/mol. The Balaban J connectivity index is 2.36. The number of aliphatic hydroxyl groups is 1. The average Bonchev–Trinajstić information content (AvgIpc) is 2.85. The third kappa shape index (κ3) is 8.12. The molecule has 3 atom stereocenters. The van der Waals surface area contributed by atoms with Crippen molar-refractivity contribution in [1.82, 2.24) is 0 Å². The first-order valence-corrected chi connectivity index (χ1v) is 8.80. The van der Waals surface area contributed by atoms with Crippen LogP contribution in [0.3, 0.4) is 0 Å². The van der Waals surface area contributed by atoms with Gasteiger partial charge in [-0.15, -0.1) is 0 Å². The molecule has 0 bridgehead atoms. The van der Waals surface area contributed by atoms with Crippen LogP contribution in [-0.2, 0) is 9.59 Å². The van der Waals surface area contributed by atoms with Crippen LogP contribution in [0.2, 0.25) is 0 Å². The number of carboxylic acids is 1. The molecule has 1 saturated carbocycles. The maximum atomic E-state index is 12.0. The Bertz CT molecular complexity index is 425. The SMILES string of the molecule is CC/C=C\CC(O)/C=C/[C@H]1CCC(=O)[C@@H]1CCCCCC(=O)O. The van der Waals surface area contributed by atoms with Gasteiger partial charge in [0.15, 0.2) is 0 Å². The van der Waals surface area contributed by atoms with Gasteiger partial charge in [0.05, 0.1) is 6.10 Å². The molecule has 1 unspecified atom stereocenters. The normalized spacial score (nSPS) is 23.1. The number of hydrogen-bond acceptors (Lipinski definition) is 3. The van der Waals surface area contributed by atoms with E-state index in [0.717, 1.165) is 32.1 Å². The molecular weight excluding hydrogens is 292 g/mol. The molecule has 0 amide bonds. The summed E-state index contributed by atoms with van der Waals surface area (Å²) in [7, 11) is 0. The highest BCUT2D eigenvalue weighted by Gasteiger charge is 2.32. The zero-order valence-corrected chi connectivity index (χ0v) is 14.1. The van der Waals surface area contributed by atoms with E-state index in [4.69, 9.17) is 5.11 Å². The lowest BCUT2D eigenvalue weighted by atomic mass is 9.89. The van der Waals surface area contributed by atoms with Crippen LogP contribution in [0.15, 0.2) is 24.3 Å². The van der Waals surface area contributed by atoms with Crippen molar-refractivity contribution in [3.63, 3.8) is 0 Å². The highest BCUT2D eigenvalue weighted by molar-refractivity contribution is 5.83. The minimum absolute atomic E-state index is 0.0504. The van der Waals surface area contributed by atoms with E-state index in [1.165, 1.54) is 0 Å². The number of aliphatic hydroxyl groups excluding tert-OH is 1. The smallest absolute Gasteiger partial charge is 0.303 e. The summed E-state index contributed by atoms with van der Waals surface area (Å²) < 4.78 is 0. The van der Waals surface area contributed by atoms with Crippen molar-refractivity contribution in [2.45, 2.75) is 70.8 Å². The molecule has 2 N–H and O–H groups in total. The highest BCUT2D eigenvalue weighted by atomic mass is 16.4. The molecule has 4 nitrogen and oxygen atoms in total. The summed E-state index contributed by atoms with van der Waals surface area (Å²) in [6.07, 6.45) is 13.9. The number of hydrogen-bond donors (Lipinski definition) is 2. The van der Waals surface area contributed by atoms with Gasteiger partial charge >= 0.3 is 5.97 Å². The summed E-state index contributed by atoms with van der Waals surface area (Å²) in [4.78, 5) is 22.5. The summed E-state index contributed by atoms with van der Waals surface area (Å²) in [5.74, 6) is -0.159. The quantitative estimate of drug-likeness (QED) is 0.447. The first kappa shape index (κ1) is 19.6. The van der Waals surface area contributed by atoms with Gasteiger partial charge in [0.2, 0.25) is 0 Å². The number of carbonyl (C=O) groups is 2. The zero-order valence-electron chi connectivity index (χ0n) is 14.1. The molecule has 23 heavy (non-hydrogen) atoms. The lowest BCUT2D eigenvalue weighted by Crippen LogP contribution is -2.14. The second-order valence-corrected chi connectivity index (χ2v) is 6.34. The van der Waals surface area contributed by atoms with Gasteiger partial charge in [-0.3, -0.25) is 9.59 Å². The van der Waals surface area contributed by atoms with Crippen molar-refractivity contribution >= 4 is 11.8 Å². The number of aliphatic carboxylic acids is 1. The van der Waals surface area contributed by atoms with Crippen molar-refractivity contribution < 1.29 is 19.8 Å². The second kappa shape index (κ2) is 11.2. The van der Waals surface area contributed by atoms with Gasteiger partial charge in [-0.25, -0.2) is 0 Å². The van der Waals surface area contributed by atoms with Crippen molar-refractivity contribution in [1.29, 1.82) is 0 Å². The van der Waals surface area contributed by atoms with Crippen LogP contribution in [0.5, 0.6) is 0 Å². The zero-order chi connectivity index (χ0) is 17.1. The van der Waals surface area contributed by atoms with E-state index < -0.39 is 12.1 Å². The summed E-state index contributed by atoms with van der Waals surface area (Å²) >= 11 is 0. The van der Waals surface area contributed by atoms with E-state index in [1.54, 1.807) is 0 Å². The molecule has 0 aliphatic heterocycles. The summed E-state index contributed by atoms with van der Waals surface area (Å²) in [6, 6.07) is 0. The molecule has 4 heteroatoms. The molecule has 0 spiro atoms. The standard InChI is InChI=1S/C19H30O4/c1-2-3-5-8-16(20)13-11-15-12-14-18(21)17(15)9-6-4-7-10-19(22)23/h3,5,11,13,15-17,20H,2,4,6-10,12,14H2,1H3,(H,22,23)/b5-3-,13-11+/t15-,16?,17+/m0/s1. The third-order valence-corrected chi connectivity index (χ3v) is 4.42. The van der Waals surface area contributed by atoms with E-state index in [1.807, 2.05) is 24.3 Å². The fraction of sp³-hybridized carbons (Fsp3) is 0.684. The first-order valence-electron chi connectivity index (χ1n) is 8.80. The molecule has 0 aromatic carbocycles. The number of rotatable bonds is 11. The summed E-state index contributed by atoms with van der Waals surface area (Å²) in [5.41, 5.74) is 0. The molecular formula is C19H30O4. The second-order valence-electron chi connectivity index (χ2n) is 6.34. The van der Waals surface area contributed by atoms with Gasteiger partial charge in [-0.1, -0.05) is 44.1 Å². The predicted octanol–water partition coefficient (Wildman–Crippen LogP) is 3.89. The topological polar surface area (TPSA) is 74.6 Å². The lowest BCUT2D eigenvalue weighted by molar-refractivity contribution is -0.137. The Morgan fingerprint density at radius 3 is 2.78 bits per heavy atom. The molecule has 0 saturated heterocycles. The molecule has 1 rings (SSSR count). The predicted molar refractivity (Wildman–Crippen MR) is 91.1 cm³/mol. The Morgan fingerprint density at radius 1 is 1.30 bits per heavy atom. The van der Waals surface area contributed by atoms with E-state index in [-0.39, 0.29) is 18.3 Å². The fourth-order valence-corrected chi connectivity index (χ4v) is 3.11. The Kier molecular flexibility index (Phi) is 9.53. The van der Waals surface area contributed by atoms with Gasteiger partial charge in [0, 0.05) is 18.8 Å². The van der Waals surface area contributed by atoms with Gasteiger partial charge in [0.25, 0.3) is 0 Å². The van der Waals surface area contributed by atoms with Crippen molar-refractivity contribution in [2.24, 2.45) is 11.8 Å². The minimum atomic E-state index is -0.756. The van der Waals surface area contributed by atoms with Crippen LogP contribution >= 0.6 is 0 Å². The number of unbranched alkanes of at least 4 members (excludes halogenated alkanes) is 2. The maximum Gasteiger partial charge on any atom is 0.303 e. The Hall–Kier alpha value is -1.42. The van der Waals surface area contributed by atoms with Gasteiger partial charge in [-0.2, -0.15) is 0 Å². The van der Waals surface area contributed by atoms with Gasteiger partial charge in [0.1, 0.15) is 5.78 Å². The molecule has 130 valence electrons. The Morgan fingerprint density at radius 2 is 2.09 bits per heavy atom. The van der Waals surface area contributed by atoms with Crippen molar-refractivity contribution in [3.8, 4) is 0 Å². The monoisotopic (exact) mass is 322 g/mol. The first-order chi connectivity index (χ1) is 11.0. The molecule has 0 heterocycles.